The zero-order valence-corrected chi connectivity index (χ0v) is 13.7. The minimum absolute atomic E-state index is 0.0632. The monoisotopic (exact) mass is 322 g/mol. The molecule has 0 fully saturated rings. The second-order valence-corrected chi connectivity index (χ2v) is 7.96. The minimum atomic E-state index is -0.576. The van der Waals surface area contributed by atoms with Crippen LogP contribution in [0.15, 0.2) is 0 Å². The van der Waals surface area contributed by atoms with Gasteiger partial charge in [-0.1, -0.05) is 43.1 Å². The summed E-state index contributed by atoms with van der Waals surface area (Å²) in [5.41, 5.74) is 6.22. The lowest BCUT2D eigenvalue weighted by molar-refractivity contribution is -0.535. The number of hydrogen-bond donors (Lipinski definition) is 1. The van der Waals surface area contributed by atoms with E-state index in [2.05, 4.69) is 29.8 Å². The Bertz CT molecular complexity index is 266. The third-order valence-electron chi connectivity index (χ3n) is 3.73. The first kappa shape index (κ1) is 17.8. The van der Waals surface area contributed by atoms with Crippen LogP contribution in [0.5, 0.6) is 0 Å². The lowest BCUT2D eigenvalue weighted by Crippen LogP contribution is -2.46. The Hall–Kier alpha value is -0.160. The number of nitrogens with zero attached hydrogens (tertiary/aromatic N) is 1. The van der Waals surface area contributed by atoms with Crippen molar-refractivity contribution in [1.29, 1.82) is 0 Å². The smallest absolute Gasteiger partial charge is 0.218 e. The summed E-state index contributed by atoms with van der Waals surface area (Å²) in [5, 5.41) is 11.3. The van der Waals surface area contributed by atoms with Gasteiger partial charge in [0.05, 0.1) is 0 Å². The van der Waals surface area contributed by atoms with Crippen LogP contribution >= 0.6 is 15.9 Å². The van der Waals surface area contributed by atoms with Gasteiger partial charge >= 0.3 is 0 Å². The molecule has 0 rings (SSSR count). The Balaban J connectivity index is 4.99. The first-order chi connectivity index (χ1) is 8.14. The van der Waals surface area contributed by atoms with E-state index < -0.39 is 6.04 Å². The Labute approximate surface area is 119 Å². The molecular weight excluding hydrogens is 296 g/mol. The second-order valence-electron chi connectivity index (χ2n) is 5.81. The van der Waals surface area contributed by atoms with Crippen LogP contribution in [-0.4, -0.2) is 21.3 Å². The lowest BCUT2D eigenvalue weighted by Gasteiger charge is -2.31. The molecule has 5 heteroatoms. The molecule has 18 heavy (non-hydrogen) atoms. The summed E-state index contributed by atoms with van der Waals surface area (Å²) in [4.78, 5) is 11.2. The van der Waals surface area contributed by atoms with E-state index in [1.54, 1.807) is 0 Å². The van der Waals surface area contributed by atoms with Gasteiger partial charge in [0.1, 0.15) is 0 Å². The number of hydrogen-bond acceptors (Lipinski definition) is 3. The number of nitro groups is 1. The van der Waals surface area contributed by atoms with Gasteiger partial charge in [0.25, 0.3) is 0 Å². The maximum atomic E-state index is 11.3. The van der Waals surface area contributed by atoms with Crippen molar-refractivity contribution in [3.63, 3.8) is 0 Å². The van der Waals surface area contributed by atoms with Gasteiger partial charge in [-0.05, 0) is 26.2 Å². The van der Waals surface area contributed by atoms with E-state index in [0.29, 0.717) is 12.3 Å². The molecule has 0 bridgehead atoms. The van der Waals surface area contributed by atoms with Crippen molar-refractivity contribution >= 4 is 15.9 Å². The van der Waals surface area contributed by atoms with Gasteiger partial charge < -0.3 is 5.73 Å². The number of nitrogens with two attached hydrogens (primary N) is 1. The molecule has 0 saturated carbocycles. The van der Waals surface area contributed by atoms with Gasteiger partial charge in [0.2, 0.25) is 6.04 Å². The summed E-state index contributed by atoms with van der Waals surface area (Å²) in [7, 11) is 0. The molecule has 0 heterocycles. The largest absolute Gasteiger partial charge is 0.327 e. The molecule has 108 valence electrons. The van der Waals surface area contributed by atoms with Gasteiger partial charge in [-0.25, -0.2) is 0 Å². The van der Waals surface area contributed by atoms with E-state index in [9.17, 15) is 10.1 Å². The first-order valence-electron chi connectivity index (χ1n) is 6.72. The topological polar surface area (TPSA) is 69.2 Å². The van der Waals surface area contributed by atoms with Crippen LogP contribution in [0.1, 0.15) is 53.9 Å². The van der Waals surface area contributed by atoms with Crippen LogP contribution in [-0.2, 0) is 0 Å². The van der Waals surface area contributed by atoms with Gasteiger partial charge in [0.15, 0.2) is 0 Å². The molecular formula is C13H27BrN2O2. The Morgan fingerprint density at radius 1 is 1.33 bits per heavy atom. The van der Waals surface area contributed by atoms with Crippen LogP contribution < -0.4 is 5.73 Å². The number of rotatable bonds is 8. The maximum absolute atomic E-state index is 11.3. The van der Waals surface area contributed by atoms with E-state index in [1.165, 1.54) is 0 Å². The van der Waals surface area contributed by atoms with Crippen LogP contribution in [0.25, 0.3) is 0 Å². The third-order valence-corrected chi connectivity index (χ3v) is 4.05. The summed E-state index contributed by atoms with van der Waals surface area (Å²) >= 11 is 3.50. The summed E-state index contributed by atoms with van der Waals surface area (Å²) in [6, 6.07) is -0.682. The van der Waals surface area contributed by atoms with Crippen molar-refractivity contribution in [2.45, 2.75) is 70.3 Å². The molecule has 0 aromatic heterocycles. The first-order valence-corrected chi connectivity index (χ1v) is 7.51. The molecule has 0 spiro atoms. The van der Waals surface area contributed by atoms with E-state index in [4.69, 9.17) is 5.73 Å². The van der Waals surface area contributed by atoms with Crippen molar-refractivity contribution < 1.29 is 4.92 Å². The third kappa shape index (κ3) is 5.65. The Morgan fingerprint density at radius 2 is 1.83 bits per heavy atom. The molecule has 2 unspecified atom stereocenters. The molecule has 0 aromatic rings. The predicted molar refractivity (Wildman–Crippen MR) is 79.6 cm³/mol. The summed E-state index contributed by atoms with van der Waals surface area (Å²) in [6.45, 7) is 10.1. The highest BCUT2D eigenvalue weighted by Crippen LogP contribution is 2.31. The van der Waals surface area contributed by atoms with E-state index in [1.807, 2.05) is 20.8 Å². The van der Waals surface area contributed by atoms with Crippen LogP contribution in [0.3, 0.4) is 0 Å². The quantitative estimate of drug-likeness (QED) is 0.421. The van der Waals surface area contributed by atoms with Gasteiger partial charge in [0, 0.05) is 27.6 Å². The fourth-order valence-electron chi connectivity index (χ4n) is 2.37. The molecule has 0 aromatic carbocycles. The van der Waals surface area contributed by atoms with Gasteiger partial charge in [-0.3, -0.25) is 10.1 Å². The molecule has 4 atom stereocenters. The van der Waals surface area contributed by atoms with Crippen LogP contribution in [0, 0.1) is 22.0 Å². The lowest BCUT2D eigenvalue weighted by atomic mass is 9.79. The van der Waals surface area contributed by atoms with Crippen molar-refractivity contribution in [3.05, 3.63) is 10.1 Å². The Morgan fingerprint density at radius 3 is 2.11 bits per heavy atom. The van der Waals surface area contributed by atoms with Crippen LogP contribution in [0.2, 0.25) is 0 Å². The molecule has 4 nitrogen and oxygen atoms in total. The molecule has 0 radical (unpaired) electrons. The van der Waals surface area contributed by atoms with Crippen molar-refractivity contribution in [3.8, 4) is 0 Å². The minimum Gasteiger partial charge on any atom is -0.327 e. The SMILES string of the molecule is CCC(C(CC(C)(C)Br)[N+](=O)[O-])[C@@H](N)[C@H](C)CC. The van der Waals surface area contributed by atoms with Crippen molar-refractivity contribution in [2.24, 2.45) is 17.6 Å². The fraction of sp³-hybridized carbons (Fsp3) is 1.00. The van der Waals surface area contributed by atoms with E-state index >= 15 is 0 Å². The van der Waals surface area contributed by atoms with Crippen LogP contribution in [0.4, 0.5) is 0 Å². The number of alkyl halides is 1. The summed E-state index contributed by atoms with van der Waals surface area (Å²) < 4.78 is -0.229. The van der Waals surface area contributed by atoms with E-state index in [0.717, 1.165) is 12.8 Å². The standard InChI is InChI=1S/C13H27BrN2O2/c1-6-9(3)12(15)10(7-2)11(16(17)18)8-13(4,5)14/h9-12H,6-8,15H2,1-5H3/t9-,10?,11?,12+/m1/s1. The normalized spacial score (nSPS) is 19.1. The molecule has 0 aliphatic carbocycles. The molecule has 0 amide bonds. The second kappa shape index (κ2) is 7.43. The van der Waals surface area contributed by atoms with Gasteiger partial charge in [-0.15, -0.1) is 0 Å². The van der Waals surface area contributed by atoms with Crippen molar-refractivity contribution in [1.82, 2.24) is 0 Å². The Kier molecular flexibility index (Phi) is 7.37. The molecule has 0 aliphatic heterocycles. The molecule has 2 N–H and O–H groups in total. The van der Waals surface area contributed by atoms with E-state index in [-0.39, 0.29) is 21.2 Å². The highest BCUT2D eigenvalue weighted by molar-refractivity contribution is 9.10. The fourth-order valence-corrected chi connectivity index (χ4v) is 2.71. The zero-order valence-electron chi connectivity index (χ0n) is 12.1. The average Bonchev–Trinajstić information content (AvgIpc) is 2.25. The molecule has 0 aliphatic rings. The van der Waals surface area contributed by atoms with Gasteiger partial charge in [-0.2, -0.15) is 0 Å². The highest BCUT2D eigenvalue weighted by Gasteiger charge is 2.39. The number of halogens is 1. The highest BCUT2D eigenvalue weighted by atomic mass is 79.9. The predicted octanol–water partition coefficient (Wildman–Crippen LogP) is 3.59. The molecule has 0 saturated heterocycles. The zero-order chi connectivity index (χ0) is 14.5. The van der Waals surface area contributed by atoms with Crippen molar-refractivity contribution in [2.75, 3.05) is 0 Å². The summed E-state index contributed by atoms with van der Waals surface area (Å²) in [6.07, 6.45) is 2.21. The summed E-state index contributed by atoms with van der Waals surface area (Å²) in [5.74, 6) is 0.252. The average molecular weight is 323 g/mol. The maximum Gasteiger partial charge on any atom is 0.218 e.